The van der Waals surface area contributed by atoms with E-state index in [0.717, 1.165) is 0 Å². The first-order chi connectivity index (χ1) is 9.43. The second kappa shape index (κ2) is 7.68. The van der Waals surface area contributed by atoms with Gasteiger partial charge in [0.05, 0.1) is 19.6 Å². The van der Waals surface area contributed by atoms with Gasteiger partial charge in [-0.15, -0.1) is 0 Å². The third-order valence-corrected chi connectivity index (χ3v) is 3.09. The van der Waals surface area contributed by atoms with Crippen LogP contribution >= 0.6 is 0 Å². The van der Waals surface area contributed by atoms with E-state index in [1.54, 1.807) is 7.05 Å². The van der Waals surface area contributed by atoms with Crippen LogP contribution in [-0.2, 0) is 19.1 Å². The number of carbonyl (C=O) groups is 3. The van der Waals surface area contributed by atoms with Gasteiger partial charge in [-0.1, -0.05) is 0 Å². The molecule has 0 aromatic heterocycles. The summed E-state index contributed by atoms with van der Waals surface area (Å²) in [5, 5.41) is 11.4. The molecular weight excluding hydrogens is 268 g/mol. The number of nitrogens with zero attached hydrogens (tertiary/aromatic N) is 1. The largest absolute Gasteiger partial charge is 0.479 e. The summed E-state index contributed by atoms with van der Waals surface area (Å²) in [6.45, 7) is 0.507. The third-order valence-electron chi connectivity index (χ3n) is 3.09. The molecule has 1 fully saturated rings. The molecule has 8 heteroatoms. The van der Waals surface area contributed by atoms with Crippen molar-refractivity contribution in [3.63, 3.8) is 0 Å². The molecule has 1 rings (SSSR count). The van der Waals surface area contributed by atoms with Gasteiger partial charge in [-0.05, 0) is 12.8 Å². The zero-order valence-electron chi connectivity index (χ0n) is 11.6. The van der Waals surface area contributed by atoms with Crippen molar-refractivity contribution in [2.24, 2.45) is 0 Å². The number of aliphatic carboxylic acids is 1. The van der Waals surface area contributed by atoms with Gasteiger partial charge in [-0.2, -0.15) is 0 Å². The normalized spacial score (nSPS) is 21.3. The summed E-state index contributed by atoms with van der Waals surface area (Å²) < 4.78 is 9.74. The molecule has 1 heterocycles. The van der Waals surface area contributed by atoms with Crippen LogP contribution in [0, 0.1) is 0 Å². The second-order valence-electron chi connectivity index (χ2n) is 4.60. The van der Waals surface area contributed by atoms with Crippen LogP contribution in [0.4, 0.5) is 4.79 Å². The highest BCUT2D eigenvalue weighted by Crippen LogP contribution is 2.19. The maximum atomic E-state index is 11.7. The maximum Gasteiger partial charge on any atom is 0.332 e. The highest BCUT2D eigenvalue weighted by Gasteiger charge is 2.30. The van der Waals surface area contributed by atoms with E-state index >= 15 is 0 Å². The van der Waals surface area contributed by atoms with Crippen LogP contribution in [0.2, 0.25) is 0 Å². The van der Waals surface area contributed by atoms with Crippen LogP contribution in [0.25, 0.3) is 0 Å². The first-order valence-electron chi connectivity index (χ1n) is 6.38. The topological polar surface area (TPSA) is 105 Å². The van der Waals surface area contributed by atoms with Gasteiger partial charge in [0.2, 0.25) is 0 Å². The highest BCUT2D eigenvalue weighted by molar-refractivity contribution is 5.75. The van der Waals surface area contributed by atoms with E-state index in [0.29, 0.717) is 12.8 Å². The third kappa shape index (κ3) is 5.04. The summed E-state index contributed by atoms with van der Waals surface area (Å²) in [5.74, 6) is -1.36. The number of hydrogen-bond acceptors (Lipinski definition) is 5. The molecule has 0 radical (unpaired) electrons. The van der Waals surface area contributed by atoms with E-state index in [9.17, 15) is 14.4 Å². The molecule has 2 atom stereocenters. The van der Waals surface area contributed by atoms with E-state index in [2.05, 4.69) is 10.1 Å². The maximum absolute atomic E-state index is 11.7. The Hall–Kier alpha value is -1.83. The Kier molecular flexibility index (Phi) is 6.23. The van der Waals surface area contributed by atoms with Gasteiger partial charge >= 0.3 is 18.0 Å². The smallest absolute Gasteiger partial charge is 0.332 e. The Balaban J connectivity index is 2.23. The molecule has 0 spiro atoms. The first kappa shape index (κ1) is 16.2. The van der Waals surface area contributed by atoms with Gasteiger partial charge in [0.1, 0.15) is 0 Å². The van der Waals surface area contributed by atoms with Gasteiger partial charge in [-0.25, -0.2) is 9.59 Å². The average Bonchev–Trinajstić information content (AvgIpc) is 2.90. The molecule has 8 nitrogen and oxygen atoms in total. The van der Waals surface area contributed by atoms with Crippen molar-refractivity contribution in [2.75, 3.05) is 27.2 Å². The van der Waals surface area contributed by atoms with E-state index in [-0.39, 0.29) is 37.6 Å². The molecule has 0 aromatic carbocycles. The number of urea groups is 1. The van der Waals surface area contributed by atoms with Crippen molar-refractivity contribution >= 4 is 18.0 Å². The predicted octanol–water partition coefficient (Wildman–Crippen LogP) is -0.177. The lowest BCUT2D eigenvalue weighted by molar-refractivity contribution is -0.149. The number of hydrogen-bond donors (Lipinski definition) is 2. The minimum Gasteiger partial charge on any atom is -0.479 e. The quantitative estimate of drug-likeness (QED) is 0.657. The predicted molar refractivity (Wildman–Crippen MR) is 68.2 cm³/mol. The molecule has 1 aliphatic rings. The fraction of sp³-hybridized carbons (Fsp3) is 0.750. The number of ether oxygens (including phenoxy) is 2. The SMILES string of the molecule is COC(=O)CCN(C)C(=O)NCC1CCC(C(=O)O)O1. The van der Waals surface area contributed by atoms with Crippen LogP contribution in [0.3, 0.4) is 0 Å². The molecule has 1 aliphatic heterocycles. The molecule has 1 saturated heterocycles. The molecule has 20 heavy (non-hydrogen) atoms. The molecule has 114 valence electrons. The Labute approximate surface area is 117 Å². The number of esters is 1. The number of carboxylic acids is 1. The minimum atomic E-state index is -0.978. The lowest BCUT2D eigenvalue weighted by atomic mass is 10.2. The zero-order valence-corrected chi connectivity index (χ0v) is 11.6. The van der Waals surface area contributed by atoms with Crippen molar-refractivity contribution in [3.05, 3.63) is 0 Å². The van der Waals surface area contributed by atoms with Crippen LogP contribution < -0.4 is 5.32 Å². The van der Waals surface area contributed by atoms with E-state index in [1.165, 1.54) is 12.0 Å². The fourth-order valence-electron chi connectivity index (χ4n) is 1.84. The number of rotatable bonds is 6. The van der Waals surface area contributed by atoms with Gasteiger partial charge < -0.3 is 24.8 Å². The average molecular weight is 288 g/mol. The van der Waals surface area contributed by atoms with E-state index in [1.807, 2.05) is 0 Å². The minimum absolute atomic E-state index is 0.126. The summed E-state index contributed by atoms with van der Waals surface area (Å²) in [7, 11) is 2.85. The Morgan fingerprint density at radius 3 is 2.65 bits per heavy atom. The second-order valence-corrected chi connectivity index (χ2v) is 4.60. The summed E-state index contributed by atoms with van der Waals surface area (Å²) >= 11 is 0. The fourth-order valence-corrected chi connectivity index (χ4v) is 1.84. The van der Waals surface area contributed by atoms with Gasteiger partial charge in [0, 0.05) is 20.1 Å². The van der Waals surface area contributed by atoms with Crippen LogP contribution in [0.15, 0.2) is 0 Å². The van der Waals surface area contributed by atoms with Crippen LogP contribution in [0.1, 0.15) is 19.3 Å². The van der Waals surface area contributed by atoms with Crippen molar-refractivity contribution in [2.45, 2.75) is 31.5 Å². The summed E-state index contributed by atoms with van der Waals surface area (Å²) in [6, 6.07) is -0.337. The number of nitrogens with one attached hydrogen (secondary N) is 1. The van der Waals surface area contributed by atoms with E-state index < -0.39 is 12.1 Å². The number of amides is 2. The molecule has 2 unspecified atom stereocenters. The molecule has 0 aromatic rings. The first-order valence-corrected chi connectivity index (χ1v) is 6.38. The summed E-state index contributed by atoms with van der Waals surface area (Å²) in [5.41, 5.74) is 0. The van der Waals surface area contributed by atoms with Crippen molar-refractivity contribution in [1.29, 1.82) is 0 Å². The monoisotopic (exact) mass is 288 g/mol. The van der Waals surface area contributed by atoms with Crippen LogP contribution in [-0.4, -0.2) is 67.4 Å². The summed E-state index contributed by atoms with van der Waals surface area (Å²) in [6.07, 6.45) is 0.113. The number of carbonyl (C=O) groups excluding carboxylic acids is 2. The Bertz CT molecular complexity index is 373. The zero-order chi connectivity index (χ0) is 15.1. The summed E-state index contributed by atoms with van der Waals surface area (Å²) in [4.78, 5) is 34.7. The van der Waals surface area contributed by atoms with Gasteiger partial charge in [0.15, 0.2) is 6.10 Å². The van der Waals surface area contributed by atoms with Crippen molar-refractivity contribution < 1.29 is 29.0 Å². The lowest BCUT2D eigenvalue weighted by Gasteiger charge is -2.19. The lowest BCUT2D eigenvalue weighted by Crippen LogP contribution is -2.41. The molecule has 0 bridgehead atoms. The molecule has 0 saturated carbocycles. The molecule has 2 amide bonds. The molecule has 2 N–H and O–H groups in total. The van der Waals surface area contributed by atoms with Crippen LogP contribution in [0.5, 0.6) is 0 Å². The Morgan fingerprint density at radius 1 is 1.40 bits per heavy atom. The standard InChI is InChI=1S/C12H20N2O6/c1-14(6-5-10(15)19-2)12(18)13-7-8-3-4-9(20-8)11(16)17/h8-9H,3-7H2,1-2H3,(H,13,18)(H,16,17). The highest BCUT2D eigenvalue weighted by atomic mass is 16.5. The molecular formula is C12H20N2O6. The van der Waals surface area contributed by atoms with Gasteiger partial charge in [0.25, 0.3) is 0 Å². The van der Waals surface area contributed by atoms with Gasteiger partial charge in [-0.3, -0.25) is 4.79 Å². The molecule has 0 aliphatic carbocycles. The van der Waals surface area contributed by atoms with Crippen molar-refractivity contribution in [3.8, 4) is 0 Å². The van der Waals surface area contributed by atoms with Crippen molar-refractivity contribution in [1.82, 2.24) is 10.2 Å². The number of carboxylic acid groups (broad SMARTS) is 1. The van der Waals surface area contributed by atoms with E-state index in [4.69, 9.17) is 9.84 Å². The Morgan fingerprint density at radius 2 is 2.10 bits per heavy atom. The number of methoxy groups -OCH3 is 1.